The van der Waals surface area contributed by atoms with Crippen molar-refractivity contribution in [1.29, 1.82) is 0 Å². The lowest BCUT2D eigenvalue weighted by Gasteiger charge is -2.11. The first-order valence-electron chi connectivity index (χ1n) is 7.12. The molecule has 0 aliphatic heterocycles. The van der Waals surface area contributed by atoms with Gasteiger partial charge in [-0.3, -0.25) is 9.78 Å². The first-order chi connectivity index (χ1) is 10.7. The van der Waals surface area contributed by atoms with Crippen LogP contribution in [0.4, 0.5) is 5.69 Å². The van der Waals surface area contributed by atoms with Crippen LogP contribution in [0.2, 0.25) is 0 Å². The lowest BCUT2D eigenvalue weighted by molar-refractivity contribution is 0.102. The van der Waals surface area contributed by atoms with Crippen LogP contribution in [0.3, 0.4) is 0 Å². The molecule has 0 radical (unpaired) electrons. The van der Waals surface area contributed by atoms with Gasteiger partial charge in [0.05, 0.1) is 5.56 Å². The number of rotatable bonds is 3. The molecule has 3 nitrogen and oxygen atoms in total. The number of benzene rings is 2. The summed E-state index contributed by atoms with van der Waals surface area (Å²) in [7, 11) is 0. The molecule has 1 heterocycles. The van der Waals surface area contributed by atoms with Gasteiger partial charge in [-0.1, -0.05) is 48.5 Å². The summed E-state index contributed by atoms with van der Waals surface area (Å²) in [6.45, 7) is 1.90. The average Bonchev–Trinajstić information content (AvgIpc) is 2.57. The molecule has 0 saturated carbocycles. The van der Waals surface area contributed by atoms with Crippen LogP contribution in [0.25, 0.3) is 11.1 Å². The Morgan fingerprint density at radius 2 is 1.64 bits per heavy atom. The number of carbonyl (C=O) groups excluding carboxylic acids is 1. The van der Waals surface area contributed by atoms with Crippen molar-refractivity contribution >= 4 is 11.6 Å². The van der Waals surface area contributed by atoms with Crippen molar-refractivity contribution in [2.45, 2.75) is 6.92 Å². The van der Waals surface area contributed by atoms with Gasteiger partial charge >= 0.3 is 0 Å². The van der Waals surface area contributed by atoms with Gasteiger partial charge < -0.3 is 5.32 Å². The Morgan fingerprint density at radius 3 is 2.36 bits per heavy atom. The van der Waals surface area contributed by atoms with Crippen molar-refractivity contribution in [3.05, 3.63) is 84.2 Å². The van der Waals surface area contributed by atoms with Crippen molar-refractivity contribution in [3.8, 4) is 11.1 Å². The van der Waals surface area contributed by atoms with Crippen LogP contribution < -0.4 is 5.32 Å². The number of nitrogens with zero attached hydrogens (tertiary/aromatic N) is 1. The van der Waals surface area contributed by atoms with E-state index in [-0.39, 0.29) is 5.91 Å². The third kappa shape index (κ3) is 3.04. The maximum atomic E-state index is 12.4. The molecule has 1 amide bonds. The van der Waals surface area contributed by atoms with Gasteiger partial charge in [-0.2, -0.15) is 0 Å². The fraction of sp³-hybridized carbons (Fsp3) is 0.0526. The number of carbonyl (C=O) groups is 1. The predicted octanol–water partition coefficient (Wildman–Crippen LogP) is 4.31. The molecule has 3 rings (SSSR count). The van der Waals surface area contributed by atoms with Gasteiger partial charge in [-0.05, 0) is 30.7 Å². The lowest BCUT2D eigenvalue weighted by Crippen LogP contribution is -2.13. The number of anilines is 1. The molecule has 2 aromatic carbocycles. The molecular formula is C19H16N2O. The third-order valence-electron chi connectivity index (χ3n) is 3.43. The topological polar surface area (TPSA) is 42.0 Å². The van der Waals surface area contributed by atoms with E-state index in [0.717, 1.165) is 22.5 Å². The Balaban J connectivity index is 1.90. The molecule has 0 bridgehead atoms. The van der Waals surface area contributed by atoms with E-state index in [1.54, 1.807) is 12.3 Å². The summed E-state index contributed by atoms with van der Waals surface area (Å²) in [5.74, 6) is -0.157. The zero-order valence-corrected chi connectivity index (χ0v) is 12.3. The van der Waals surface area contributed by atoms with Crippen LogP contribution in [0.5, 0.6) is 0 Å². The quantitative estimate of drug-likeness (QED) is 0.780. The maximum Gasteiger partial charge on any atom is 0.257 e. The molecule has 0 unspecified atom stereocenters. The summed E-state index contributed by atoms with van der Waals surface area (Å²) in [6, 6.07) is 21.4. The van der Waals surface area contributed by atoms with E-state index in [2.05, 4.69) is 10.3 Å². The number of pyridine rings is 1. The first-order valence-corrected chi connectivity index (χ1v) is 7.12. The molecule has 0 aliphatic carbocycles. The van der Waals surface area contributed by atoms with Crippen LogP contribution in [-0.4, -0.2) is 10.9 Å². The number of hydrogen-bond acceptors (Lipinski definition) is 2. The van der Waals surface area contributed by atoms with Crippen molar-refractivity contribution in [1.82, 2.24) is 4.98 Å². The normalized spacial score (nSPS) is 10.2. The van der Waals surface area contributed by atoms with Gasteiger partial charge in [-0.25, -0.2) is 0 Å². The minimum Gasteiger partial charge on any atom is -0.321 e. The standard InChI is InChI=1S/C19H16N2O/c1-14-11-12-16(13-20-14)19(22)21-18-10-6-5-9-17(18)15-7-3-2-4-8-15/h2-13H,1H3,(H,21,22). The minimum atomic E-state index is -0.157. The van der Waals surface area contributed by atoms with Crippen LogP contribution in [0, 0.1) is 6.92 Å². The highest BCUT2D eigenvalue weighted by atomic mass is 16.1. The zero-order valence-electron chi connectivity index (χ0n) is 12.3. The Labute approximate surface area is 129 Å². The number of aromatic nitrogens is 1. The molecule has 0 fully saturated rings. The summed E-state index contributed by atoms with van der Waals surface area (Å²) in [4.78, 5) is 16.5. The SMILES string of the molecule is Cc1ccc(C(=O)Nc2ccccc2-c2ccccc2)cn1. The highest BCUT2D eigenvalue weighted by molar-refractivity contribution is 6.06. The minimum absolute atomic E-state index is 0.157. The zero-order chi connectivity index (χ0) is 15.4. The number of amides is 1. The monoisotopic (exact) mass is 288 g/mol. The van der Waals surface area contributed by atoms with E-state index >= 15 is 0 Å². The molecule has 1 N–H and O–H groups in total. The van der Waals surface area contributed by atoms with Crippen molar-refractivity contribution < 1.29 is 4.79 Å². The highest BCUT2D eigenvalue weighted by Gasteiger charge is 2.10. The van der Waals surface area contributed by atoms with Gasteiger partial charge in [0.15, 0.2) is 0 Å². The number of nitrogens with one attached hydrogen (secondary N) is 1. The second-order valence-corrected chi connectivity index (χ2v) is 5.05. The van der Waals surface area contributed by atoms with Crippen molar-refractivity contribution in [2.75, 3.05) is 5.32 Å². The second kappa shape index (κ2) is 6.22. The molecule has 1 aromatic heterocycles. The van der Waals surface area contributed by atoms with Gasteiger partial charge in [0.25, 0.3) is 5.91 Å². The Bertz CT molecular complexity index is 780. The molecule has 22 heavy (non-hydrogen) atoms. The molecular weight excluding hydrogens is 272 g/mol. The molecule has 0 saturated heterocycles. The van der Waals surface area contributed by atoms with E-state index in [1.165, 1.54) is 0 Å². The number of para-hydroxylation sites is 1. The first kappa shape index (κ1) is 14.0. The largest absolute Gasteiger partial charge is 0.321 e. The van der Waals surface area contributed by atoms with E-state index in [9.17, 15) is 4.79 Å². The van der Waals surface area contributed by atoms with Gasteiger partial charge in [-0.15, -0.1) is 0 Å². The van der Waals surface area contributed by atoms with E-state index < -0.39 is 0 Å². The van der Waals surface area contributed by atoms with E-state index in [0.29, 0.717) is 5.56 Å². The van der Waals surface area contributed by atoms with Crippen LogP contribution in [-0.2, 0) is 0 Å². The summed E-state index contributed by atoms with van der Waals surface area (Å²) in [5.41, 5.74) is 4.30. The lowest BCUT2D eigenvalue weighted by atomic mass is 10.0. The second-order valence-electron chi connectivity index (χ2n) is 5.05. The van der Waals surface area contributed by atoms with E-state index in [1.807, 2.05) is 67.6 Å². The smallest absolute Gasteiger partial charge is 0.257 e. The van der Waals surface area contributed by atoms with Gasteiger partial charge in [0.1, 0.15) is 0 Å². The van der Waals surface area contributed by atoms with Gasteiger partial charge in [0, 0.05) is 23.1 Å². The number of aryl methyl sites for hydroxylation is 1. The molecule has 0 spiro atoms. The molecule has 3 heteroatoms. The Kier molecular flexibility index (Phi) is 3.97. The van der Waals surface area contributed by atoms with E-state index in [4.69, 9.17) is 0 Å². The van der Waals surface area contributed by atoms with Crippen molar-refractivity contribution in [3.63, 3.8) is 0 Å². The Hall–Kier alpha value is -2.94. The van der Waals surface area contributed by atoms with Gasteiger partial charge in [0.2, 0.25) is 0 Å². The van der Waals surface area contributed by atoms with Crippen LogP contribution in [0.1, 0.15) is 16.1 Å². The fourth-order valence-electron chi connectivity index (χ4n) is 2.26. The molecule has 3 aromatic rings. The van der Waals surface area contributed by atoms with Crippen LogP contribution in [0.15, 0.2) is 72.9 Å². The predicted molar refractivity (Wildman–Crippen MR) is 88.8 cm³/mol. The average molecular weight is 288 g/mol. The molecule has 0 atom stereocenters. The summed E-state index contributed by atoms with van der Waals surface area (Å²) >= 11 is 0. The maximum absolute atomic E-state index is 12.4. The Morgan fingerprint density at radius 1 is 0.909 bits per heavy atom. The summed E-state index contributed by atoms with van der Waals surface area (Å²) < 4.78 is 0. The van der Waals surface area contributed by atoms with Crippen molar-refractivity contribution in [2.24, 2.45) is 0 Å². The highest BCUT2D eigenvalue weighted by Crippen LogP contribution is 2.27. The third-order valence-corrected chi connectivity index (χ3v) is 3.43. The summed E-state index contributed by atoms with van der Waals surface area (Å²) in [5, 5.41) is 2.97. The molecule has 0 aliphatic rings. The number of hydrogen-bond donors (Lipinski definition) is 1. The van der Waals surface area contributed by atoms with Crippen LogP contribution >= 0.6 is 0 Å². The molecule has 108 valence electrons. The summed E-state index contributed by atoms with van der Waals surface area (Å²) in [6.07, 6.45) is 1.59. The fourth-order valence-corrected chi connectivity index (χ4v) is 2.26.